The predicted molar refractivity (Wildman–Crippen MR) is 285 cm³/mol. The van der Waals surface area contributed by atoms with Crippen LogP contribution in [0.25, 0.3) is 90.9 Å². The van der Waals surface area contributed by atoms with Crippen LogP contribution >= 0.6 is 0 Å². The van der Waals surface area contributed by atoms with Crippen LogP contribution in [-0.2, 0) is 21.7 Å². The Morgan fingerprint density at radius 1 is 0.303 bits per heavy atom. The molecule has 2 aliphatic rings. The van der Waals surface area contributed by atoms with Crippen molar-refractivity contribution in [3.05, 3.63) is 165 Å². The molecular formula is C62H66N4. The van der Waals surface area contributed by atoms with E-state index in [-0.39, 0.29) is 21.7 Å². The lowest BCUT2D eigenvalue weighted by atomic mass is 9.78. The maximum Gasteiger partial charge on any atom is 0.0737 e. The minimum absolute atomic E-state index is 0.0656. The van der Waals surface area contributed by atoms with Crippen LogP contribution in [0.15, 0.2) is 109 Å². The topological polar surface area (TPSA) is 57.4 Å². The van der Waals surface area contributed by atoms with Crippen molar-refractivity contribution in [3.8, 4) is 44.5 Å². The highest BCUT2D eigenvalue weighted by molar-refractivity contribution is 6.00. The van der Waals surface area contributed by atoms with E-state index < -0.39 is 0 Å². The zero-order valence-corrected chi connectivity index (χ0v) is 41.6. The summed E-state index contributed by atoms with van der Waals surface area (Å²) in [6.07, 6.45) is 8.82. The summed E-state index contributed by atoms with van der Waals surface area (Å²) in [5.41, 5.74) is 23.7. The largest absolute Gasteiger partial charge is 0.354 e. The number of nitrogens with one attached hydrogen (secondary N) is 2. The van der Waals surface area contributed by atoms with Crippen molar-refractivity contribution < 1.29 is 0 Å². The van der Waals surface area contributed by atoms with Crippen LogP contribution in [0.2, 0.25) is 0 Å². The van der Waals surface area contributed by atoms with Crippen LogP contribution in [0.1, 0.15) is 139 Å². The van der Waals surface area contributed by atoms with E-state index in [0.29, 0.717) is 0 Å². The molecule has 7 aromatic rings. The summed E-state index contributed by atoms with van der Waals surface area (Å²) in [6.45, 7) is 31.9. The smallest absolute Gasteiger partial charge is 0.0737 e. The molecule has 4 heteroatoms. The summed E-state index contributed by atoms with van der Waals surface area (Å²) in [6, 6.07) is 40.9. The van der Waals surface area contributed by atoms with Crippen LogP contribution in [-0.4, -0.2) is 19.9 Å². The summed E-state index contributed by atoms with van der Waals surface area (Å²) in [5.74, 6) is 0. The first-order chi connectivity index (χ1) is 31.0. The van der Waals surface area contributed by atoms with Gasteiger partial charge in [0.05, 0.1) is 22.8 Å². The molecule has 2 aliphatic heterocycles. The highest BCUT2D eigenvalue weighted by Crippen LogP contribution is 2.42. The summed E-state index contributed by atoms with van der Waals surface area (Å²) < 4.78 is 0. The molecule has 3 aromatic heterocycles. The SMILES string of the molecule is Cc1ccc(-c2c3nc(c(-c4cc(C(C)(C)C)cc(C(C)(C)C)c4)c4ccc([nH]4)c(-c4ccc(C)cc4)c4nc(c(-c5cc(C(C)(C)C)cc(C(C)(C)C)c5)c5ccc2[nH]5)C=C4)C=C3)cc1. The third-order valence-corrected chi connectivity index (χ3v) is 13.3. The lowest BCUT2D eigenvalue weighted by Gasteiger charge is -2.26. The molecule has 4 aromatic carbocycles. The molecule has 0 fully saturated rings. The fourth-order valence-corrected chi connectivity index (χ4v) is 9.14. The minimum Gasteiger partial charge on any atom is -0.354 e. The third kappa shape index (κ3) is 8.66. The summed E-state index contributed by atoms with van der Waals surface area (Å²) >= 11 is 0. The Labute approximate surface area is 393 Å². The second-order valence-electron chi connectivity index (χ2n) is 22.8. The van der Waals surface area contributed by atoms with Gasteiger partial charge in [0.15, 0.2) is 0 Å². The van der Waals surface area contributed by atoms with Gasteiger partial charge in [0.25, 0.3) is 0 Å². The number of nitrogens with zero attached hydrogens (tertiary/aromatic N) is 2. The Hall–Kier alpha value is -6.52. The molecule has 4 nitrogen and oxygen atoms in total. The van der Waals surface area contributed by atoms with Crippen molar-refractivity contribution in [3.63, 3.8) is 0 Å². The average molecular weight is 867 g/mol. The van der Waals surface area contributed by atoms with Crippen LogP contribution in [0, 0.1) is 13.8 Å². The van der Waals surface area contributed by atoms with Crippen molar-refractivity contribution in [2.45, 2.75) is 119 Å². The fourth-order valence-electron chi connectivity index (χ4n) is 9.14. The molecule has 0 amide bonds. The first-order valence-electron chi connectivity index (χ1n) is 23.6. The Morgan fingerprint density at radius 3 is 0.788 bits per heavy atom. The molecule has 0 atom stereocenters. The molecule has 0 spiro atoms. The van der Waals surface area contributed by atoms with Crippen molar-refractivity contribution in [1.82, 2.24) is 19.9 Å². The van der Waals surface area contributed by atoms with Gasteiger partial charge in [-0.3, -0.25) is 0 Å². The lowest BCUT2D eigenvalue weighted by molar-refractivity contribution is 0.568. The molecule has 0 radical (unpaired) electrons. The lowest BCUT2D eigenvalue weighted by Crippen LogP contribution is -2.16. The number of aromatic amines is 2. The summed E-state index contributed by atoms with van der Waals surface area (Å²) in [4.78, 5) is 19.3. The molecule has 0 aliphatic carbocycles. The number of benzene rings is 4. The number of H-pyrrole nitrogens is 2. The monoisotopic (exact) mass is 867 g/mol. The number of hydrogen-bond acceptors (Lipinski definition) is 2. The van der Waals surface area contributed by atoms with Gasteiger partial charge >= 0.3 is 0 Å². The number of aromatic nitrogens is 4. The molecule has 0 saturated heterocycles. The Morgan fingerprint density at radius 2 is 0.545 bits per heavy atom. The van der Waals surface area contributed by atoms with E-state index in [1.54, 1.807) is 0 Å². The molecule has 9 rings (SSSR count). The van der Waals surface area contributed by atoms with Gasteiger partial charge in [-0.1, -0.05) is 179 Å². The Bertz CT molecular complexity index is 2980. The normalized spacial score (nSPS) is 13.2. The highest BCUT2D eigenvalue weighted by atomic mass is 14.8. The first-order valence-corrected chi connectivity index (χ1v) is 23.6. The first kappa shape index (κ1) is 44.7. The summed E-state index contributed by atoms with van der Waals surface area (Å²) in [5, 5.41) is 0. The molecule has 0 unspecified atom stereocenters. The van der Waals surface area contributed by atoms with E-state index in [1.165, 1.54) is 33.4 Å². The van der Waals surface area contributed by atoms with Gasteiger partial charge in [0, 0.05) is 44.3 Å². The second-order valence-corrected chi connectivity index (χ2v) is 22.8. The van der Waals surface area contributed by atoms with E-state index in [2.05, 4.69) is 240 Å². The molecule has 2 N–H and O–H groups in total. The van der Waals surface area contributed by atoms with Crippen LogP contribution < -0.4 is 0 Å². The molecule has 334 valence electrons. The number of fused-ring (bicyclic) bond motifs is 8. The standard InChI is InChI=1S/C62H66N4/c1-37-15-19-39(20-16-37)55-47-23-27-51(63-47)57(41-31-43(59(3,4)5)35-44(32-41)60(6,7)8)53-29-25-49(65-53)56(40-21-17-38(2)18-22-40)50-26-30-54(66-50)58(52-28-24-48(55)64-52)42-33-45(61(9,10)11)36-46(34-42)62(12,13)14/h15-36,63,66H,1-14H3. The highest BCUT2D eigenvalue weighted by Gasteiger charge is 2.26. The van der Waals surface area contributed by atoms with Gasteiger partial charge in [0.1, 0.15) is 0 Å². The molecule has 8 bridgehead atoms. The molecule has 66 heavy (non-hydrogen) atoms. The van der Waals surface area contributed by atoms with Gasteiger partial charge in [-0.05, 0) is 129 Å². The fraction of sp³-hybridized carbons (Fsp3) is 0.290. The number of aryl methyl sites for hydroxylation is 2. The number of rotatable bonds is 4. The maximum absolute atomic E-state index is 5.64. The summed E-state index contributed by atoms with van der Waals surface area (Å²) in [7, 11) is 0. The molecular weight excluding hydrogens is 801 g/mol. The average Bonchev–Trinajstić information content (AvgIpc) is 4.09. The van der Waals surface area contributed by atoms with Gasteiger partial charge in [-0.2, -0.15) is 0 Å². The predicted octanol–water partition coefficient (Wildman–Crippen LogP) is 17.1. The van der Waals surface area contributed by atoms with Gasteiger partial charge in [-0.25, -0.2) is 9.97 Å². The molecule has 0 saturated carbocycles. The number of hydrogen-bond donors (Lipinski definition) is 2. The van der Waals surface area contributed by atoms with Gasteiger partial charge in [-0.15, -0.1) is 0 Å². The van der Waals surface area contributed by atoms with Crippen LogP contribution in [0.4, 0.5) is 0 Å². The van der Waals surface area contributed by atoms with Gasteiger partial charge < -0.3 is 9.97 Å². The zero-order chi connectivity index (χ0) is 47.1. The van der Waals surface area contributed by atoms with Gasteiger partial charge in [0.2, 0.25) is 0 Å². The van der Waals surface area contributed by atoms with E-state index in [4.69, 9.17) is 9.97 Å². The second kappa shape index (κ2) is 16.1. The van der Waals surface area contributed by atoms with Crippen LogP contribution in [0.5, 0.6) is 0 Å². The van der Waals surface area contributed by atoms with E-state index in [1.807, 2.05) is 0 Å². The zero-order valence-electron chi connectivity index (χ0n) is 41.6. The van der Waals surface area contributed by atoms with E-state index >= 15 is 0 Å². The Kier molecular flexibility index (Phi) is 10.9. The van der Waals surface area contributed by atoms with E-state index in [9.17, 15) is 0 Å². The minimum atomic E-state index is -0.0656. The molecule has 5 heterocycles. The third-order valence-electron chi connectivity index (χ3n) is 13.3. The quantitative estimate of drug-likeness (QED) is 0.185. The maximum atomic E-state index is 5.64. The van der Waals surface area contributed by atoms with Crippen molar-refractivity contribution >= 4 is 46.4 Å². The van der Waals surface area contributed by atoms with Crippen molar-refractivity contribution in [1.29, 1.82) is 0 Å². The van der Waals surface area contributed by atoms with E-state index in [0.717, 1.165) is 89.4 Å². The van der Waals surface area contributed by atoms with Crippen molar-refractivity contribution in [2.24, 2.45) is 0 Å². The van der Waals surface area contributed by atoms with Crippen molar-refractivity contribution in [2.75, 3.05) is 0 Å². The Balaban J connectivity index is 1.49. The van der Waals surface area contributed by atoms with Crippen LogP contribution in [0.3, 0.4) is 0 Å².